The molecule has 22 heavy (non-hydrogen) atoms. The average Bonchev–Trinajstić information content (AvgIpc) is 2.46. The number of benzene rings is 2. The molecule has 2 aromatic carbocycles. The van der Waals surface area contributed by atoms with E-state index in [0.717, 1.165) is 24.1 Å². The number of hydrogen-bond donors (Lipinski definition) is 1. The number of amides is 2. The number of hydrogen-bond acceptors (Lipinski definition) is 2. The smallest absolute Gasteiger partial charge is 0.306 e. The SMILES string of the molecule is O=C1Nc2cc(C(F)(F)F)ccc2SN1c1ccc(Cl)cc1. The molecule has 0 radical (unpaired) electrons. The third kappa shape index (κ3) is 2.86. The van der Waals surface area contributed by atoms with Gasteiger partial charge in [-0.1, -0.05) is 11.6 Å². The molecule has 8 heteroatoms. The number of alkyl halides is 3. The number of rotatable bonds is 1. The van der Waals surface area contributed by atoms with E-state index >= 15 is 0 Å². The van der Waals surface area contributed by atoms with Crippen molar-refractivity contribution in [1.29, 1.82) is 0 Å². The highest BCUT2D eigenvalue weighted by atomic mass is 35.5. The van der Waals surface area contributed by atoms with E-state index in [-0.39, 0.29) is 5.69 Å². The molecule has 1 N–H and O–H groups in total. The van der Waals surface area contributed by atoms with Crippen LogP contribution in [0.4, 0.5) is 29.3 Å². The Kier molecular flexibility index (Phi) is 3.70. The van der Waals surface area contributed by atoms with Gasteiger partial charge in [-0.3, -0.25) is 0 Å². The number of carbonyl (C=O) groups excluding carboxylic acids is 1. The fourth-order valence-electron chi connectivity index (χ4n) is 1.94. The summed E-state index contributed by atoms with van der Waals surface area (Å²) in [4.78, 5) is 12.6. The maximum atomic E-state index is 12.7. The van der Waals surface area contributed by atoms with E-state index in [1.807, 2.05) is 0 Å². The lowest BCUT2D eigenvalue weighted by atomic mass is 10.2. The summed E-state index contributed by atoms with van der Waals surface area (Å²) in [5, 5.41) is 3.00. The molecule has 0 aliphatic carbocycles. The maximum Gasteiger partial charge on any atom is 0.416 e. The number of anilines is 2. The van der Waals surface area contributed by atoms with Gasteiger partial charge in [0.1, 0.15) is 0 Å². The van der Waals surface area contributed by atoms with Crippen molar-refractivity contribution in [3.05, 3.63) is 53.1 Å². The Morgan fingerprint density at radius 3 is 2.41 bits per heavy atom. The van der Waals surface area contributed by atoms with Crippen molar-refractivity contribution in [2.24, 2.45) is 0 Å². The normalized spacial score (nSPS) is 14.5. The minimum atomic E-state index is -4.45. The van der Waals surface area contributed by atoms with Crippen molar-refractivity contribution in [3.8, 4) is 0 Å². The van der Waals surface area contributed by atoms with Crippen molar-refractivity contribution in [1.82, 2.24) is 0 Å². The Morgan fingerprint density at radius 2 is 1.77 bits per heavy atom. The molecule has 3 rings (SSSR count). The quantitative estimate of drug-likeness (QED) is 0.701. The van der Waals surface area contributed by atoms with Gasteiger partial charge >= 0.3 is 12.2 Å². The molecule has 114 valence electrons. The molecule has 1 heterocycles. The minimum Gasteiger partial charge on any atom is -0.306 e. The van der Waals surface area contributed by atoms with E-state index in [4.69, 9.17) is 11.6 Å². The highest BCUT2D eigenvalue weighted by Crippen LogP contribution is 2.41. The number of fused-ring (bicyclic) bond motifs is 1. The second-order valence-corrected chi connectivity index (χ2v) is 5.92. The van der Waals surface area contributed by atoms with Crippen LogP contribution in [-0.4, -0.2) is 6.03 Å². The zero-order chi connectivity index (χ0) is 15.9. The summed E-state index contributed by atoms with van der Waals surface area (Å²) in [5.74, 6) is 0. The average molecular weight is 345 g/mol. The lowest BCUT2D eigenvalue weighted by Crippen LogP contribution is -2.32. The number of urea groups is 1. The second kappa shape index (κ2) is 5.40. The summed E-state index contributed by atoms with van der Waals surface area (Å²) in [6, 6.07) is 9.32. The van der Waals surface area contributed by atoms with Crippen molar-refractivity contribution in [3.63, 3.8) is 0 Å². The highest BCUT2D eigenvalue weighted by molar-refractivity contribution is 8.01. The molecular weight excluding hydrogens is 337 g/mol. The van der Waals surface area contributed by atoms with Crippen LogP contribution in [0.25, 0.3) is 0 Å². The molecule has 2 aromatic rings. The van der Waals surface area contributed by atoms with Crippen LogP contribution < -0.4 is 9.62 Å². The van der Waals surface area contributed by atoms with Crippen LogP contribution in [0.3, 0.4) is 0 Å². The maximum absolute atomic E-state index is 12.7. The molecule has 2 amide bonds. The van der Waals surface area contributed by atoms with Gasteiger partial charge in [-0.2, -0.15) is 13.2 Å². The molecule has 1 aliphatic rings. The van der Waals surface area contributed by atoms with Gasteiger partial charge in [-0.25, -0.2) is 9.10 Å². The summed E-state index contributed by atoms with van der Waals surface area (Å²) in [7, 11) is 0. The Labute approximate surface area is 133 Å². The molecule has 0 atom stereocenters. The molecule has 0 bridgehead atoms. The van der Waals surface area contributed by atoms with Gasteiger partial charge < -0.3 is 5.32 Å². The fourth-order valence-corrected chi connectivity index (χ4v) is 2.95. The van der Waals surface area contributed by atoms with Crippen LogP contribution in [0.15, 0.2) is 47.4 Å². The number of carbonyl (C=O) groups is 1. The summed E-state index contributed by atoms with van der Waals surface area (Å²) in [6.45, 7) is 0. The predicted molar refractivity (Wildman–Crippen MR) is 80.3 cm³/mol. The third-order valence-corrected chi connectivity index (χ3v) is 4.35. The largest absolute Gasteiger partial charge is 0.416 e. The van der Waals surface area contributed by atoms with E-state index in [9.17, 15) is 18.0 Å². The molecule has 3 nitrogen and oxygen atoms in total. The van der Waals surface area contributed by atoms with Crippen LogP contribution in [0, 0.1) is 0 Å². The lowest BCUT2D eigenvalue weighted by Gasteiger charge is -2.28. The molecular formula is C14H8ClF3N2OS. The lowest BCUT2D eigenvalue weighted by molar-refractivity contribution is -0.137. The summed E-state index contributed by atoms with van der Waals surface area (Å²) in [5.41, 5.74) is -0.0698. The van der Waals surface area contributed by atoms with Crippen molar-refractivity contribution in [2.45, 2.75) is 11.1 Å². The van der Waals surface area contributed by atoms with Gasteiger partial charge in [0, 0.05) is 5.02 Å². The monoisotopic (exact) mass is 344 g/mol. The van der Waals surface area contributed by atoms with Gasteiger partial charge in [0.2, 0.25) is 0 Å². The highest BCUT2D eigenvalue weighted by Gasteiger charge is 2.33. The van der Waals surface area contributed by atoms with Gasteiger partial charge in [-0.05, 0) is 54.4 Å². The van der Waals surface area contributed by atoms with Gasteiger partial charge in [0.25, 0.3) is 0 Å². The van der Waals surface area contributed by atoms with Crippen LogP contribution in [0.1, 0.15) is 5.56 Å². The van der Waals surface area contributed by atoms with E-state index in [2.05, 4.69) is 5.32 Å². The van der Waals surface area contributed by atoms with Crippen molar-refractivity contribution >= 4 is 41.0 Å². The predicted octanol–water partition coefficient (Wildman–Crippen LogP) is 5.42. The van der Waals surface area contributed by atoms with Crippen LogP contribution in [0.5, 0.6) is 0 Å². The first-order valence-electron chi connectivity index (χ1n) is 6.10. The van der Waals surface area contributed by atoms with Gasteiger partial charge in [0.05, 0.1) is 21.8 Å². The topological polar surface area (TPSA) is 32.3 Å². The van der Waals surface area contributed by atoms with E-state index in [1.165, 1.54) is 10.4 Å². The van der Waals surface area contributed by atoms with E-state index in [1.54, 1.807) is 24.3 Å². The third-order valence-electron chi connectivity index (χ3n) is 2.98. The summed E-state index contributed by atoms with van der Waals surface area (Å²) in [6.07, 6.45) is -4.45. The second-order valence-electron chi connectivity index (χ2n) is 4.50. The van der Waals surface area contributed by atoms with E-state index < -0.39 is 17.8 Å². The molecule has 1 aliphatic heterocycles. The zero-order valence-corrected chi connectivity index (χ0v) is 12.4. The Hall–Kier alpha value is -1.86. The first-order valence-corrected chi connectivity index (χ1v) is 7.25. The standard InChI is InChI=1S/C14H8ClF3N2OS/c15-9-2-4-10(5-3-9)20-13(21)19-11-7-8(14(16,17)18)1-6-12(11)22-20/h1-7H,(H,19,21). The Morgan fingerprint density at radius 1 is 1.09 bits per heavy atom. The van der Waals surface area contributed by atoms with Crippen molar-refractivity contribution in [2.75, 3.05) is 9.62 Å². The number of nitrogens with zero attached hydrogens (tertiary/aromatic N) is 1. The first kappa shape index (κ1) is 15.1. The van der Waals surface area contributed by atoms with Gasteiger partial charge in [0.15, 0.2) is 0 Å². The number of halogens is 4. The van der Waals surface area contributed by atoms with E-state index in [0.29, 0.717) is 15.6 Å². The van der Waals surface area contributed by atoms with Crippen LogP contribution in [-0.2, 0) is 6.18 Å². The molecule has 0 spiro atoms. The zero-order valence-electron chi connectivity index (χ0n) is 10.8. The molecule has 0 saturated heterocycles. The summed E-state index contributed by atoms with van der Waals surface area (Å²) >= 11 is 6.85. The molecule has 0 unspecified atom stereocenters. The summed E-state index contributed by atoms with van der Waals surface area (Å²) < 4.78 is 39.4. The molecule has 0 fully saturated rings. The molecule has 0 saturated carbocycles. The van der Waals surface area contributed by atoms with Crippen molar-refractivity contribution < 1.29 is 18.0 Å². The molecule has 0 aromatic heterocycles. The first-order chi connectivity index (χ1) is 10.3. The minimum absolute atomic E-state index is 0.148. The Bertz CT molecular complexity index is 734. The fraction of sp³-hybridized carbons (Fsp3) is 0.0714. The number of nitrogens with one attached hydrogen (secondary N) is 1. The van der Waals surface area contributed by atoms with Gasteiger partial charge in [-0.15, -0.1) is 0 Å². The van der Waals surface area contributed by atoms with Crippen LogP contribution >= 0.6 is 23.5 Å². The Balaban J connectivity index is 1.93. The van der Waals surface area contributed by atoms with Crippen LogP contribution in [0.2, 0.25) is 5.02 Å².